The zero-order valence-electron chi connectivity index (χ0n) is 16.8. The Morgan fingerprint density at radius 1 is 0.542 bits per heavy atom. The molecule has 0 heterocycles. The quantitative estimate of drug-likeness (QED) is 0.525. The molecule has 0 amide bonds. The molecule has 0 heteroatoms. The smallest absolute Gasteiger partial charge is 0.0112 e. The maximum atomic E-state index is 2.44. The summed E-state index contributed by atoms with van der Waals surface area (Å²) in [6.07, 6.45) is 0. The molecular formula is C24H34. The normalized spacial score (nSPS) is 12.0. The van der Waals surface area contributed by atoms with E-state index in [-0.39, 0.29) is 0 Å². The van der Waals surface area contributed by atoms with Crippen molar-refractivity contribution in [3.63, 3.8) is 0 Å². The highest BCUT2D eigenvalue weighted by Gasteiger charge is 2.19. The van der Waals surface area contributed by atoms with Crippen LogP contribution < -0.4 is 0 Å². The van der Waals surface area contributed by atoms with Crippen molar-refractivity contribution in [3.8, 4) is 11.1 Å². The monoisotopic (exact) mass is 322 g/mol. The van der Waals surface area contributed by atoms with Gasteiger partial charge in [0.25, 0.3) is 0 Å². The van der Waals surface area contributed by atoms with Crippen LogP contribution in [0.15, 0.2) is 36.4 Å². The van der Waals surface area contributed by atoms with Crippen LogP contribution >= 0.6 is 0 Å². The largest absolute Gasteiger partial charge is 0.0617 e. The molecule has 0 saturated carbocycles. The van der Waals surface area contributed by atoms with Crippen LogP contribution in [0.25, 0.3) is 11.1 Å². The fourth-order valence-electron chi connectivity index (χ4n) is 3.51. The second-order valence-electron chi connectivity index (χ2n) is 8.28. The highest BCUT2D eigenvalue weighted by Crippen LogP contribution is 2.40. The van der Waals surface area contributed by atoms with Gasteiger partial charge in [0.05, 0.1) is 0 Å². The van der Waals surface area contributed by atoms with Crippen molar-refractivity contribution in [2.24, 2.45) is 0 Å². The van der Waals surface area contributed by atoms with Crippen LogP contribution in [0.2, 0.25) is 0 Å². The van der Waals surface area contributed by atoms with Crippen molar-refractivity contribution < 1.29 is 0 Å². The van der Waals surface area contributed by atoms with Gasteiger partial charge in [0.1, 0.15) is 0 Å². The first-order valence-electron chi connectivity index (χ1n) is 9.51. The Morgan fingerprint density at radius 3 is 1.46 bits per heavy atom. The molecule has 0 nitrogen and oxygen atoms in total. The van der Waals surface area contributed by atoms with E-state index < -0.39 is 0 Å². The SMILES string of the molecule is CC(C)c1ccc(-c2c(C(C)C)cccc2C(C)C)c(C(C)C)c1. The minimum Gasteiger partial charge on any atom is -0.0617 e. The standard InChI is InChI=1S/C24H34/c1-15(2)19-12-13-22(23(14-19)18(7)8)24-20(16(3)4)10-9-11-21(24)17(5)6/h9-18H,1-8H3. The minimum atomic E-state index is 0.527. The van der Waals surface area contributed by atoms with Gasteiger partial charge < -0.3 is 0 Å². The first kappa shape index (κ1) is 18.8. The van der Waals surface area contributed by atoms with Crippen LogP contribution in [-0.2, 0) is 0 Å². The molecule has 24 heavy (non-hydrogen) atoms. The number of rotatable bonds is 5. The van der Waals surface area contributed by atoms with E-state index in [0.29, 0.717) is 23.7 Å². The summed E-state index contributed by atoms with van der Waals surface area (Å²) in [4.78, 5) is 0. The van der Waals surface area contributed by atoms with Crippen LogP contribution in [-0.4, -0.2) is 0 Å². The summed E-state index contributed by atoms with van der Waals surface area (Å²) in [5.74, 6) is 2.16. The minimum absolute atomic E-state index is 0.527. The van der Waals surface area contributed by atoms with Crippen molar-refractivity contribution >= 4 is 0 Å². The van der Waals surface area contributed by atoms with E-state index >= 15 is 0 Å². The van der Waals surface area contributed by atoms with Crippen molar-refractivity contribution in [1.29, 1.82) is 0 Å². The van der Waals surface area contributed by atoms with Gasteiger partial charge in [-0.3, -0.25) is 0 Å². The van der Waals surface area contributed by atoms with Gasteiger partial charge in [-0.2, -0.15) is 0 Å². The number of benzene rings is 2. The molecule has 0 atom stereocenters. The summed E-state index contributed by atoms with van der Waals surface area (Å²) in [5.41, 5.74) is 8.77. The lowest BCUT2D eigenvalue weighted by Crippen LogP contribution is -2.04. The number of hydrogen-bond acceptors (Lipinski definition) is 0. The van der Waals surface area contributed by atoms with E-state index in [1.54, 1.807) is 0 Å². The van der Waals surface area contributed by atoms with Gasteiger partial charge in [-0.15, -0.1) is 0 Å². The summed E-state index contributed by atoms with van der Waals surface area (Å²) in [6, 6.07) is 14.0. The summed E-state index contributed by atoms with van der Waals surface area (Å²) >= 11 is 0. The highest BCUT2D eigenvalue weighted by atomic mass is 14.2. The Labute approximate surface area is 149 Å². The Hall–Kier alpha value is -1.56. The van der Waals surface area contributed by atoms with Gasteiger partial charge >= 0.3 is 0 Å². The predicted octanol–water partition coefficient (Wildman–Crippen LogP) is 7.85. The van der Waals surface area contributed by atoms with E-state index in [1.165, 1.54) is 33.4 Å². The maximum Gasteiger partial charge on any atom is -0.0112 e. The fraction of sp³-hybridized carbons (Fsp3) is 0.500. The molecule has 0 bridgehead atoms. The van der Waals surface area contributed by atoms with E-state index in [2.05, 4.69) is 91.8 Å². The summed E-state index contributed by atoms with van der Waals surface area (Å²) in [6.45, 7) is 18.4. The molecule has 0 fully saturated rings. The van der Waals surface area contributed by atoms with Crippen molar-refractivity contribution in [2.75, 3.05) is 0 Å². The van der Waals surface area contributed by atoms with Gasteiger partial charge in [0.15, 0.2) is 0 Å². The lowest BCUT2D eigenvalue weighted by atomic mass is 9.80. The predicted molar refractivity (Wildman–Crippen MR) is 108 cm³/mol. The van der Waals surface area contributed by atoms with Crippen molar-refractivity contribution in [1.82, 2.24) is 0 Å². The fourth-order valence-corrected chi connectivity index (χ4v) is 3.51. The molecule has 2 rings (SSSR count). The molecule has 0 unspecified atom stereocenters. The molecule has 0 aromatic heterocycles. The molecule has 0 radical (unpaired) electrons. The first-order valence-corrected chi connectivity index (χ1v) is 9.51. The Bertz CT molecular complexity index is 661. The Morgan fingerprint density at radius 2 is 1.04 bits per heavy atom. The van der Waals surface area contributed by atoms with E-state index in [9.17, 15) is 0 Å². The van der Waals surface area contributed by atoms with Gasteiger partial charge in [0, 0.05) is 0 Å². The van der Waals surface area contributed by atoms with E-state index in [1.807, 2.05) is 0 Å². The average Bonchev–Trinajstić information content (AvgIpc) is 2.53. The molecular weight excluding hydrogens is 288 g/mol. The van der Waals surface area contributed by atoms with Crippen LogP contribution in [0.1, 0.15) is 101 Å². The first-order chi connectivity index (χ1) is 11.2. The van der Waals surface area contributed by atoms with E-state index in [4.69, 9.17) is 0 Å². The Balaban J connectivity index is 2.80. The van der Waals surface area contributed by atoms with E-state index in [0.717, 1.165) is 0 Å². The zero-order chi connectivity index (χ0) is 18.0. The average molecular weight is 323 g/mol. The lowest BCUT2D eigenvalue weighted by molar-refractivity contribution is 0.823. The zero-order valence-corrected chi connectivity index (χ0v) is 16.8. The van der Waals surface area contributed by atoms with Gasteiger partial charge in [-0.1, -0.05) is 91.8 Å². The Kier molecular flexibility index (Phi) is 5.91. The topological polar surface area (TPSA) is 0 Å². The molecule has 130 valence electrons. The maximum absolute atomic E-state index is 2.44. The van der Waals surface area contributed by atoms with Crippen LogP contribution in [0.5, 0.6) is 0 Å². The van der Waals surface area contributed by atoms with Crippen LogP contribution in [0.4, 0.5) is 0 Å². The summed E-state index contributed by atoms with van der Waals surface area (Å²) in [5, 5.41) is 0. The summed E-state index contributed by atoms with van der Waals surface area (Å²) in [7, 11) is 0. The molecule has 0 aliphatic rings. The third-order valence-corrected chi connectivity index (χ3v) is 5.01. The molecule has 0 spiro atoms. The lowest BCUT2D eigenvalue weighted by Gasteiger charge is -2.24. The van der Waals surface area contributed by atoms with Crippen molar-refractivity contribution in [3.05, 3.63) is 58.7 Å². The molecule has 0 aliphatic carbocycles. The van der Waals surface area contributed by atoms with Gasteiger partial charge in [-0.25, -0.2) is 0 Å². The highest BCUT2D eigenvalue weighted by molar-refractivity contribution is 5.76. The second kappa shape index (κ2) is 7.55. The molecule has 0 N–H and O–H groups in total. The molecule has 2 aromatic carbocycles. The van der Waals surface area contributed by atoms with Gasteiger partial charge in [0.2, 0.25) is 0 Å². The molecule has 0 saturated heterocycles. The second-order valence-corrected chi connectivity index (χ2v) is 8.28. The van der Waals surface area contributed by atoms with Crippen molar-refractivity contribution in [2.45, 2.75) is 79.1 Å². The number of hydrogen-bond donors (Lipinski definition) is 0. The summed E-state index contributed by atoms with van der Waals surface area (Å²) < 4.78 is 0. The molecule has 0 aliphatic heterocycles. The third-order valence-electron chi connectivity index (χ3n) is 5.01. The third kappa shape index (κ3) is 3.74. The van der Waals surface area contributed by atoms with Crippen LogP contribution in [0.3, 0.4) is 0 Å². The molecule has 2 aromatic rings. The van der Waals surface area contributed by atoms with Crippen LogP contribution in [0, 0.1) is 0 Å². The van der Waals surface area contributed by atoms with Gasteiger partial charge in [-0.05, 0) is 57.1 Å².